The van der Waals surface area contributed by atoms with Crippen LogP contribution in [0.4, 0.5) is 0 Å². The van der Waals surface area contributed by atoms with E-state index in [2.05, 4.69) is 17.4 Å². The number of nitrogens with one attached hydrogen (secondary N) is 1. The minimum atomic E-state index is -0.268. The van der Waals surface area contributed by atoms with Crippen LogP contribution in [0.2, 0.25) is 0 Å². The van der Waals surface area contributed by atoms with Gasteiger partial charge in [-0.25, -0.2) is 0 Å². The van der Waals surface area contributed by atoms with Gasteiger partial charge in [-0.05, 0) is 36.6 Å². The molecule has 2 heterocycles. The summed E-state index contributed by atoms with van der Waals surface area (Å²) in [5, 5.41) is 2.70. The summed E-state index contributed by atoms with van der Waals surface area (Å²) in [6, 6.07) is 13.7. The number of nitrogens with zero attached hydrogens (tertiary/aromatic N) is 2. The third-order valence-corrected chi connectivity index (χ3v) is 5.26. The Balaban J connectivity index is 1.29. The normalized spacial score (nSPS) is 14.1. The van der Waals surface area contributed by atoms with Gasteiger partial charge in [0.15, 0.2) is 0 Å². The van der Waals surface area contributed by atoms with Gasteiger partial charge < -0.3 is 19.5 Å². The van der Waals surface area contributed by atoms with E-state index in [1.807, 2.05) is 23.1 Å². The molecule has 3 amide bonds. The first-order chi connectivity index (χ1) is 15.1. The van der Waals surface area contributed by atoms with E-state index in [4.69, 9.17) is 4.42 Å². The lowest BCUT2D eigenvalue weighted by atomic mass is 10.1. The summed E-state index contributed by atoms with van der Waals surface area (Å²) in [5.41, 5.74) is 1.24. The number of amides is 3. The number of carbonyl (C=O) groups excluding carboxylic acids is 3. The molecule has 0 bridgehead atoms. The number of aryl methyl sites for hydroxylation is 1. The monoisotopic (exact) mass is 423 g/mol. The summed E-state index contributed by atoms with van der Waals surface area (Å²) in [5.74, 6) is 0.471. The summed E-state index contributed by atoms with van der Waals surface area (Å²) in [6.45, 7) is 2.48. The Morgan fingerprint density at radius 3 is 2.23 bits per heavy atom. The molecular weight excluding hydrogens is 394 g/mol. The van der Waals surface area contributed by atoms with Crippen molar-refractivity contribution in [1.82, 2.24) is 15.1 Å². The van der Waals surface area contributed by atoms with Gasteiger partial charge in [0.25, 0.3) is 0 Å². The Morgan fingerprint density at radius 2 is 1.58 bits per heavy atom. The molecule has 1 N–H and O–H groups in total. The number of benzene rings is 1. The molecule has 1 aliphatic rings. The standard InChI is InChI=1S/C24H29N3O4/c28-22(12-11-21-9-5-19-31-21)25-14-13-24(30)27-17-15-26(16-18-27)23(29)10-4-8-20-6-2-1-3-7-20/h1-3,5-7,9,11-12,19H,4,8,10,13-18H2,(H,25,28)/b12-11+. The molecule has 3 rings (SSSR count). The Kier molecular flexibility index (Phi) is 8.46. The zero-order valence-electron chi connectivity index (χ0n) is 17.7. The summed E-state index contributed by atoms with van der Waals surface area (Å²) in [6.07, 6.45) is 6.99. The van der Waals surface area contributed by atoms with E-state index in [1.165, 1.54) is 17.9 Å². The lowest BCUT2D eigenvalue weighted by Crippen LogP contribution is -2.51. The van der Waals surface area contributed by atoms with Gasteiger partial charge in [0.1, 0.15) is 5.76 Å². The first kappa shape index (κ1) is 22.3. The lowest BCUT2D eigenvalue weighted by Gasteiger charge is -2.35. The third kappa shape index (κ3) is 7.44. The predicted molar refractivity (Wildman–Crippen MR) is 118 cm³/mol. The fourth-order valence-electron chi connectivity index (χ4n) is 3.51. The topological polar surface area (TPSA) is 82.9 Å². The van der Waals surface area contributed by atoms with Crippen LogP contribution in [-0.4, -0.2) is 60.2 Å². The molecule has 0 saturated carbocycles. The van der Waals surface area contributed by atoms with Crippen LogP contribution in [0.15, 0.2) is 59.2 Å². The highest BCUT2D eigenvalue weighted by Gasteiger charge is 2.23. The van der Waals surface area contributed by atoms with Gasteiger partial charge in [0.2, 0.25) is 17.7 Å². The summed E-state index contributed by atoms with van der Waals surface area (Å²) in [7, 11) is 0. The Bertz CT molecular complexity index is 869. The van der Waals surface area contributed by atoms with E-state index >= 15 is 0 Å². The molecule has 0 spiro atoms. The van der Waals surface area contributed by atoms with E-state index < -0.39 is 0 Å². The van der Waals surface area contributed by atoms with Gasteiger partial charge in [0, 0.05) is 51.6 Å². The van der Waals surface area contributed by atoms with E-state index in [-0.39, 0.29) is 30.7 Å². The van der Waals surface area contributed by atoms with Crippen LogP contribution in [0.25, 0.3) is 6.08 Å². The summed E-state index contributed by atoms with van der Waals surface area (Å²) < 4.78 is 5.12. The van der Waals surface area contributed by atoms with Crippen molar-refractivity contribution in [2.45, 2.75) is 25.7 Å². The van der Waals surface area contributed by atoms with Gasteiger partial charge in [-0.3, -0.25) is 14.4 Å². The Labute approximate surface area is 182 Å². The molecule has 2 aromatic rings. The lowest BCUT2D eigenvalue weighted by molar-refractivity contribution is -0.139. The number of rotatable bonds is 9. The Hall–Kier alpha value is -3.35. The molecule has 164 valence electrons. The average molecular weight is 424 g/mol. The molecule has 7 nitrogen and oxygen atoms in total. The largest absolute Gasteiger partial charge is 0.465 e. The van der Waals surface area contributed by atoms with Crippen molar-refractivity contribution in [1.29, 1.82) is 0 Å². The summed E-state index contributed by atoms with van der Waals surface area (Å²) >= 11 is 0. The molecule has 0 radical (unpaired) electrons. The highest BCUT2D eigenvalue weighted by Crippen LogP contribution is 2.09. The van der Waals surface area contributed by atoms with Crippen LogP contribution in [-0.2, 0) is 20.8 Å². The van der Waals surface area contributed by atoms with Crippen molar-refractivity contribution in [2.24, 2.45) is 0 Å². The smallest absolute Gasteiger partial charge is 0.244 e. The zero-order valence-corrected chi connectivity index (χ0v) is 17.7. The van der Waals surface area contributed by atoms with E-state index in [1.54, 1.807) is 23.1 Å². The highest BCUT2D eigenvalue weighted by molar-refractivity contribution is 5.91. The SMILES string of the molecule is O=C(/C=C/c1ccco1)NCCC(=O)N1CCN(C(=O)CCCc2ccccc2)CC1. The van der Waals surface area contributed by atoms with Crippen LogP contribution in [0.5, 0.6) is 0 Å². The van der Waals surface area contributed by atoms with E-state index in [0.29, 0.717) is 38.4 Å². The molecular formula is C24H29N3O4. The number of piperazine rings is 1. The second-order valence-electron chi connectivity index (χ2n) is 7.49. The third-order valence-electron chi connectivity index (χ3n) is 5.26. The average Bonchev–Trinajstić information content (AvgIpc) is 3.32. The number of hydrogen-bond acceptors (Lipinski definition) is 4. The first-order valence-electron chi connectivity index (χ1n) is 10.7. The minimum Gasteiger partial charge on any atom is -0.465 e. The van der Waals surface area contributed by atoms with Crippen molar-refractivity contribution in [3.8, 4) is 0 Å². The number of hydrogen-bond donors (Lipinski definition) is 1. The second-order valence-corrected chi connectivity index (χ2v) is 7.49. The maximum atomic E-state index is 12.4. The maximum Gasteiger partial charge on any atom is 0.244 e. The van der Waals surface area contributed by atoms with Gasteiger partial charge in [-0.2, -0.15) is 0 Å². The molecule has 1 aromatic carbocycles. The van der Waals surface area contributed by atoms with Gasteiger partial charge >= 0.3 is 0 Å². The van der Waals surface area contributed by atoms with Crippen LogP contribution in [0.1, 0.15) is 30.6 Å². The van der Waals surface area contributed by atoms with Crippen molar-refractivity contribution < 1.29 is 18.8 Å². The molecule has 1 aliphatic heterocycles. The van der Waals surface area contributed by atoms with Crippen molar-refractivity contribution in [3.63, 3.8) is 0 Å². The molecule has 0 atom stereocenters. The maximum absolute atomic E-state index is 12.4. The minimum absolute atomic E-state index is 0.00788. The molecule has 0 aliphatic carbocycles. The van der Waals surface area contributed by atoms with Crippen LogP contribution < -0.4 is 5.32 Å². The predicted octanol–water partition coefficient (Wildman–Crippen LogP) is 2.49. The molecule has 7 heteroatoms. The molecule has 0 unspecified atom stereocenters. The fraction of sp³-hybridized carbons (Fsp3) is 0.375. The molecule has 1 aromatic heterocycles. The van der Waals surface area contributed by atoms with Crippen LogP contribution in [0, 0.1) is 0 Å². The zero-order chi connectivity index (χ0) is 21.9. The van der Waals surface area contributed by atoms with E-state index in [0.717, 1.165) is 12.8 Å². The van der Waals surface area contributed by atoms with Gasteiger partial charge in [-0.15, -0.1) is 0 Å². The van der Waals surface area contributed by atoms with Crippen molar-refractivity contribution in [3.05, 3.63) is 66.1 Å². The van der Waals surface area contributed by atoms with Gasteiger partial charge in [0.05, 0.1) is 6.26 Å². The fourth-order valence-corrected chi connectivity index (χ4v) is 3.51. The van der Waals surface area contributed by atoms with E-state index in [9.17, 15) is 14.4 Å². The van der Waals surface area contributed by atoms with Crippen LogP contribution in [0.3, 0.4) is 0 Å². The molecule has 31 heavy (non-hydrogen) atoms. The van der Waals surface area contributed by atoms with Gasteiger partial charge in [-0.1, -0.05) is 30.3 Å². The quantitative estimate of drug-likeness (QED) is 0.628. The highest BCUT2D eigenvalue weighted by atomic mass is 16.3. The molecule has 1 fully saturated rings. The number of furan rings is 1. The molecule has 1 saturated heterocycles. The Morgan fingerprint density at radius 1 is 0.903 bits per heavy atom. The van der Waals surface area contributed by atoms with Crippen LogP contribution >= 0.6 is 0 Å². The summed E-state index contributed by atoms with van der Waals surface area (Å²) in [4.78, 5) is 40.2. The van der Waals surface area contributed by atoms with Crippen molar-refractivity contribution >= 4 is 23.8 Å². The van der Waals surface area contributed by atoms with Crippen molar-refractivity contribution in [2.75, 3.05) is 32.7 Å². The first-order valence-corrected chi connectivity index (χ1v) is 10.7. The number of carbonyl (C=O) groups is 3. The second kappa shape index (κ2) is 11.7.